The lowest BCUT2D eigenvalue weighted by Gasteiger charge is -2.14. The van der Waals surface area contributed by atoms with E-state index in [9.17, 15) is 4.79 Å². The minimum Gasteiger partial charge on any atom is -0.490 e. The normalized spacial score (nSPS) is 10.3. The van der Waals surface area contributed by atoms with Crippen molar-refractivity contribution in [3.63, 3.8) is 0 Å². The van der Waals surface area contributed by atoms with Gasteiger partial charge in [-0.2, -0.15) is 0 Å². The van der Waals surface area contributed by atoms with Crippen LogP contribution in [0.2, 0.25) is 0 Å². The lowest BCUT2D eigenvalue weighted by Crippen LogP contribution is -2.12. The van der Waals surface area contributed by atoms with Gasteiger partial charge in [0.05, 0.1) is 18.8 Å². The molecular formula is C18H21BrN2O3. The van der Waals surface area contributed by atoms with E-state index in [0.717, 1.165) is 17.3 Å². The maximum Gasteiger partial charge on any atom is 0.257 e. The third kappa shape index (κ3) is 5.23. The molecule has 1 aromatic heterocycles. The Hall–Kier alpha value is -2.08. The highest BCUT2D eigenvalue weighted by Crippen LogP contribution is 2.31. The number of pyridine rings is 1. The number of nitrogens with zero attached hydrogens (tertiary/aromatic N) is 1. The fourth-order valence-corrected chi connectivity index (χ4v) is 2.35. The predicted octanol–water partition coefficient (Wildman–Crippen LogP) is 4.67. The lowest BCUT2D eigenvalue weighted by molar-refractivity contribution is 0.102. The van der Waals surface area contributed by atoms with Crippen molar-refractivity contribution in [3.05, 3.63) is 46.7 Å². The average molecular weight is 393 g/mol. The predicted molar refractivity (Wildman–Crippen MR) is 97.9 cm³/mol. The van der Waals surface area contributed by atoms with Crippen molar-refractivity contribution in [2.75, 3.05) is 18.5 Å². The summed E-state index contributed by atoms with van der Waals surface area (Å²) >= 11 is 3.31. The van der Waals surface area contributed by atoms with Crippen LogP contribution in [0.5, 0.6) is 11.5 Å². The molecule has 0 aliphatic rings. The second-order valence-electron chi connectivity index (χ2n) is 5.20. The number of hydrogen-bond donors (Lipinski definition) is 1. The van der Waals surface area contributed by atoms with Gasteiger partial charge >= 0.3 is 0 Å². The molecule has 0 spiro atoms. The van der Waals surface area contributed by atoms with Crippen molar-refractivity contribution < 1.29 is 14.3 Å². The van der Waals surface area contributed by atoms with E-state index in [1.165, 1.54) is 6.20 Å². The van der Waals surface area contributed by atoms with E-state index in [1.54, 1.807) is 24.4 Å². The number of rotatable bonds is 8. The molecule has 1 N–H and O–H groups in total. The maximum absolute atomic E-state index is 12.3. The standard InChI is InChI=1S/C18H21BrN2O3/c1-3-7-23-16-6-5-15(10-17(16)24-8-4-2)21-18(22)13-9-14(19)12-20-11-13/h5-6,9-12H,3-4,7-8H2,1-2H3,(H,21,22). The van der Waals surface area contributed by atoms with Crippen molar-refractivity contribution in [1.29, 1.82) is 0 Å². The Morgan fingerprint density at radius 3 is 2.46 bits per heavy atom. The van der Waals surface area contributed by atoms with E-state index >= 15 is 0 Å². The fraction of sp³-hybridized carbons (Fsp3) is 0.333. The first-order chi connectivity index (χ1) is 11.6. The van der Waals surface area contributed by atoms with Crippen LogP contribution in [0.25, 0.3) is 0 Å². The summed E-state index contributed by atoms with van der Waals surface area (Å²) in [7, 11) is 0. The number of halogens is 1. The lowest BCUT2D eigenvalue weighted by atomic mass is 10.2. The molecule has 0 aliphatic heterocycles. The average Bonchev–Trinajstić information content (AvgIpc) is 2.59. The van der Waals surface area contributed by atoms with Crippen molar-refractivity contribution in [2.24, 2.45) is 0 Å². The number of nitrogens with one attached hydrogen (secondary N) is 1. The van der Waals surface area contributed by atoms with Crippen LogP contribution in [0, 0.1) is 0 Å². The summed E-state index contributed by atoms with van der Waals surface area (Å²) in [5.74, 6) is 1.09. The largest absolute Gasteiger partial charge is 0.490 e. The third-order valence-electron chi connectivity index (χ3n) is 3.09. The molecule has 0 fully saturated rings. The molecule has 0 saturated heterocycles. The molecule has 6 heteroatoms. The zero-order chi connectivity index (χ0) is 17.4. The number of carbonyl (C=O) groups is 1. The first kappa shape index (κ1) is 18.3. The molecule has 5 nitrogen and oxygen atoms in total. The summed E-state index contributed by atoms with van der Waals surface area (Å²) in [5, 5.41) is 2.85. The van der Waals surface area contributed by atoms with Crippen molar-refractivity contribution in [3.8, 4) is 11.5 Å². The Labute approximate surface area is 150 Å². The van der Waals surface area contributed by atoms with Crippen LogP contribution in [0.1, 0.15) is 37.0 Å². The molecule has 0 aliphatic carbocycles. The number of carbonyl (C=O) groups excluding carboxylic acids is 1. The molecule has 0 bridgehead atoms. The van der Waals surface area contributed by atoms with Gasteiger partial charge in [-0.3, -0.25) is 9.78 Å². The Balaban J connectivity index is 2.15. The van der Waals surface area contributed by atoms with Gasteiger partial charge in [-0.25, -0.2) is 0 Å². The van der Waals surface area contributed by atoms with Crippen LogP contribution in [-0.4, -0.2) is 24.1 Å². The van der Waals surface area contributed by atoms with E-state index in [1.807, 2.05) is 19.9 Å². The number of anilines is 1. The Bertz CT molecular complexity index is 692. The second kappa shape index (κ2) is 9.27. The summed E-state index contributed by atoms with van der Waals surface area (Å²) in [4.78, 5) is 16.3. The van der Waals surface area contributed by atoms with Crippen molar-refractivity contribution in [2.45, 2.75) is 26.7 Å². The van der Waals surface area contributed by atoms with Crippen LogP contribution in [-0.2, 0) is 0 Å². The van der Waals surface area contributed by atoms with E-state index in [-0.39, 0.29) is 5.91 Å². The van der Waals surface area contributed by atoms with Gasteiger partial charge in [-0.05, 0) is 47.0 Å². The molecule has 1 heterocycles. The van der Waals surface area contributed by atoms with Gasteiger partial charge in [0.2, 0.25) is 0 Å². The van der Waals surface area contributed by atoms with Gasteiger partial charge in [0, 0.05) is 28.6 Å². The molecule has 0 unspecified atom stereocenters. The van der Waals surface area contributed by atoms with Gasteiger partial charge in [0.1, 0.15) is 0 Å². The molecule has 24 heavy (non-hydrogen) atoms. The smallest absolute Gasteiger partial charge is 0.257 e. The minimum atomic E-state index is -0.229. The molecule has 2 aromatic rings. The molecule has 128 valence electrons. The number of amides is 1. The van der Waals surface area contributed by atoms with Gasteiger partial charge in [-0.15, -0.1) is 0 Å². The SMILES string of the molecule is CCCOc1ccc(NC(=O)c2cncc(Br)c2)cc1OCCC. The summed E-state index contributed by atoms with van der Waals surface area (Å²) < 4.78 is 12.2. The quantitative estimate of drug-likeness (QED) is 0.708. The number of hydrogen-bond acceptors (Lipinski definition) is 4. The highest BCUT2D eigenvalue weighted by molar-refractivity contribution is 9.10. The zero-order valence-corrected chi connectivity index (χ0v) is 15.4. The van der Waals surface area contributed by atoms with Gasteiger partial charge in [-0.1, -0.05) is 13.8 Å². The molecule has 1 amide bonds. The second-order valence-corrected chi connectivity index (χ2v) is 6.12. The maximum atomic E-state index is 12.3. The Morgan fingerprint density at radius 2 is 1.79 bits per heavy atom. The van der Waals surface area contributed by atoms with Crippen LogP contribution in [0.15, 0.2) is 41.1 Å². The van der Waals surface area contributed by atoms with Crippen molar-refractivity contribution >= 4 is 27.5 Å². The van der Waals surface area contributed by atoms with E-state index < -0.39 is 0 Å². The fourth-order valence-electron chi connectivity index (χ4n) is 1.98. The first-order valence-electron chi connectivity index (χ1n) is 7.95. The number of benzene rings is 1. The Morgan fingerprint density at radius 1 is 1.08 bits per heavy atom. The zero-order valence-electron chi connectivity index (χ0n) is 13.8. The summed E-state index contributed by atoms with van der Waals surface area (Å²) in [6.45, 7) is 5.30. The van der Waals surface area contributed by atoms with Crippen LogP contribution < -0.4 is 14.8 Å². The van der Waals surface area contributed by atoms with Crippen molar-refractivity contribution in [1.82, 2.24) is 4.98 Å². The highest BCUT2D eigenvalue weighted by Gasteiger charge is 2.11. The summed E-state index contributed by atoms with van der Waals surface area (Å²) in [6, 6.07) is 7.11. The Kier molecular flexibility index (Phi) is 7.06. The van der Waals surface area contributed by atoms with Gasteiger partial charge in [0.25, 0.3) is 5.91 Å². The van der Waals surface area contributed by atoms with Gasteiger partial charge < -0.3 is 14.8 Å². The van der Waals surface area contributed by atoms with E-state index in [2.05, 4.69) is 26.2 Å². The monoisotopic (exact) mass is 392 g/mol. The minimum absolute atomic E-state index is 0.229. The molecular weight excluding hydrogens is 372 g/mol. The topological polar surface area (TPSA) is 60.5 Å². The highest BCUT2D eigenvalue weighted by atomic mass is 79.9. The first-order valence-corrected chi connectivity index (χ1v) is 8.75. The van der Waals surface area contributed by atoms with E-state index in [0.29, 0.717) is 36.0 Å². The van der Waals surface area contributed by atoms with Crippen LogP contribution in [0.4, 0.5) is 5.69 Å². The number of ether oxygens (including phenoxy) is 2. The van der Waals surface area contributed by atoms with Gasteiger partial charge in [0.15, 0.2) is 11.5 Å². The van der Waals surface area contributed by atoms with E-state index in [4.69, 9.17) is 9.47 Å². The van der Waals surface area contributed by atoms with Crippen LogP contribution >= 0.6 is 15.9 Å². The summed E-state index contributed by atoms with van der Waals surface area (Å²) in [6.07, 6.45) is 4.97. The molecule has 0 saturated carbocycles. The van der Waals surface area contributed by atoms with Crippen LogP contribution in [0.3, 0.4) is 0 Å². The molecule has 1 aromatic carbocycles. The molecule has 0 atom stereocenters. The molecule has 0 radical (unpaired) electrons. The summed E-state index contributed by atoms with van der Waals surface area (Å²) in [5.41, 5.74) is 1.13. The third-order valence-corrected chi connectivity index (χ3v) is 3.53. The molecule has 2 rings (SSSR count). The number of aromatic nitrogens is 1.